The van der Waals surface area contributed by atoms with E-state index in [1.807, 2.05) is 13.1 Å². The fraction of sp³-hybridized carbons (Fsp3) is 0.368. The minimum absolute atomic E-state index is 0.0476. The number of fused-ring (bicyclic) bond motifs is 1. The number of aliphatic hydroxyl groups excluding tert-OH is 1. The van der Waals surface area contributed by atoms with E-state index in [0.29, 0.717) is 19.6 Å². The van der Waals surface area contributed by atoms with Crippen LogP contribution in [0.1, 0.15) is 16.7 Å². The molecule has 0 radical (unpaired) electrons. The molecule has 1 heterocycles. The zero-order valence-corrected chi connectivity index (χ0v) is 14.3. The van der Waals surface area contributed by atoms with E-state index >= 15 is 0 Å². The number of hydrogen-bond acceptors (Lipinski definition) is 4. The third kappa shape index (κ3) is 3.94. The maximum absolute atomic E-state index is 12.3. The van der Waals surface area contributed by atoms with E-state index in [-0.39, 0.29) is 12.4 Å². The Labute approximate surface area is 149 Å². The van der Waals surface area contributed by atoms with Crippen molar-refractivity contribution in [3.63, 3.8) is 0 Å². The Kier molecular flexibility index (Phi) is 5.38. The third-order valence-corrected chi connectivity index (χ3v) is 4.32. The molecular formula is C19H20F3NO3. The second-order valence-electron chi connectivity index (χ2n) is 6.04. The van der Waals surface area contributed by atoms with E-state index in [0.717, 1.165) is 40.0 Å². The maximum Gasteiger partial charge on any atom is 0.573 e. The number of ether oxygens (including phenoxy) is 2. The minimum atomic E-state index is -4.71. The summed E-state index contributed by atoms with van der Waals surface area (Å²) in [5.41, 5.74) is 4.79. The lowest BCUT2D eigenvalue weighted by atomic mass is 9.91. The summed E-state index contributed by atoms with van der Waals surface area (Å²) in [5, 5.41) is 12.5. The van der Waals surface area contributed by atoms with Crippen molar-refractivity contribution in [2.75, 3.05) is 20.3 Å². The van der Waals surface area contributed by atoms with Crippen LogP contribution in [0.4, 0.5) is 13.2 Å². The van der Waals surface area contributed by atoms with Gasteiger partial charge in [-0.15, -0.1) is 13.2 Å². The number of benzene rings is 2. The van der Waals surface area contributed by atoms with Gasteiger partial charge >= 0.3 is 6.36 Å². The van der Waals surface area contributed by atoms with E-state index < -0.39 is 6.36 Å². The monoisotopic (exact) mass is 367 g/mol. The molecule has 1 aliphatic heterocycles. The van der Waals surface area contributed by atoms with Crippen molar-refractivity contribution in [1.82, 2.24) is 5.32 Å². The van der Waals surface area contributed by atoms with Gasteiger partial charge in [0.25, 0.3) is 0 Å². The largest absolute Gasteiger partial charge is 0.573 e. The first-order valence-electron chi connectivity index (χ1n) is 8.35. The summed E-state index contributed by atoms with van der Waals surface area (Å²) < 4.78 is 46.7. The quantitative estimate of drug-likeness (QED) is 0.821. The Morgan fingerprint density at radius 2 is 1.96 bits per heavy atom. The predicted molar refractivity (Wildman–Crippen MR) is 91.3 cm³/mol. The molecule has 0 fully saturated rings. The van der Waals surface area contributed by atoms with Crippen LogP contribution in [-0.2, 0) is 19.4 Å². The first kappa shape index (κ1) is 18.5. The van der Waals surface area contributed by atoms with Gasteiger partial charge in [0.05, 0.1) is 6.61 Å². The lowest BCUT2D eigenvalue weighted by Crippen LogP contribution is -2.16. The summed E-state index contributed by atoms with van der Waals surface area (Å²) in [6.07, 6.45) is -3.41. The van der Waals surface area contributed by atoms with Crippen molar-refractivity contribution >= 4 is 0 Å². The van der Waals surface area contributed by atoms with Crippen molar-refractivity contribution in [3.05, 3.63) is 47.0 Å². The van der Waals surface area contributed by atoms with Gasteiger partial charge in [-0.2, -0.15) is 0 Å². The molecule has 7 heteroatoms. The highest BCUT2D eigenvalue weighted by Gasteiger charge is 2.31. The van der Waals surface area contributed by atoms with Crippen molar-refractivity contribution in [2.24, 2.45) is 0 Å². The Bertz CT molecular complexity index is 773. The SMILES string of the molecule is CNCc1cc(-c2ccc(OC(F)(F)F)cc2)c2c(c1CCO)CCO2. The van der Waals surface area contributed by atoms with Crippen LogP contribution >= 0.6 is 0 Å². The van der Waals surface area contributed by atoms with Gasteiger partial charge in [-0.25, -0.2) is 0 Å². The number of alkyl halides is 3. The summed E-state index contributed by atoms with van der Waals surface area (Å²) in [6, 6.07) is 7.75. The highest BCUT2D eigenvalue weighted by atomic mass is 19.4. The van der Waals surface area contributed by atoms with Crippen LogP contribution in [0.3, 0.4) is 0 Å². The fourth-order valence-electron chi connectivity index (χ4n) is 3.33. The van der Waals surface area contributed by atoms with Crippen molar-refractivity contribution < 1.29 is 27.8 Å². The average molecular weight is 367 g/mol. The summed E-state index contributed by atoms with van der Waals surface area (Å²) in [4.78, 5) is 0. The fourth-order valence-corrected chi connectivity index (χ4v) is 3.33. The normalized spacial score (nSPS) is 13.4. The van der Waals surface area contributed by atoms with E-state index in [2.05, 4.69) is 10.1 Å². The van der Waals surface area contributed by atoms with E-state index in [9.17, 15) is 18.3 Å². The molecule has 2 N–H and O–H groups in total. The second-order valence-corrected chi connectivity index (χ2v) is 6.04. The first-order valence-corrected chi connectivity index (χ1v) is 8.35. The molecule has 140 valence electrons. The molecule has 0 atom stereocenters. The standard InChI is InChI=1S/C19H20F3NO3/c1-23-11-13-10-17(18-16(7-9-25-18)15(13)6-8-24)12-2-4-14(5-3-12)26-19(20,21)22/h2-5,10,23-24H,6-9,11H2,1H3. The lowest BCUT2D eigenvalue weighted by Gasteiger charge is -2.17. The smallest absolute Gasteiger partial charge is 0.492 e. The molecule has 0 aliphatic carbocycles. The van der Waals surface area contributed by atoms with Gasteiger partial charge in [0.15, 0.2) is 0 Å². The topological polar surface area (TPSA) is 50.7 Å². The minimum Gasteiger partial charge on any atom is -0.492 e. The molecule has 0 saturated carbocycles. The number of nitrogens with one attached hydrogen (secondary N) is 1. The molecule has 26 heavy (non-hydrogen) atoms. The molecule has 3 rings (SSSR count). The van der Waals surface area contributed by atoms with Crippen LogP contribution < -0.4 is 14.8 Å². The Balaban J connectivity index is 2.02. The molecule has 2 aromatic carbocycles. The molecule has 0 unspecified atom stereocenters. The molecule has 0 amide bonds. The van der Waals surface area contributed by atoms with Gasteiger partial charge in [0.2, 0.25) is 0 Å². The van der Waals surface area contributed by atoms with Crippen molar-refractivity contribution in [2.45, 2.75) is 25.7 Å². The Morgan fingerprint density at radius 1 is 1.23 bits per heavy atom. The van der Waals surface area contributed by atoms with Crippen LogP contribution in [-0.4, -0.2) is 31.7 Å². The molecule has 1 aliphatic rings. The zero-order chi connectivity index (χ0) is 18.7. The second kappa shape index (κ2) is 7.55. The highest BCUT2D eigenvalue weighted by molar-refractivity contribution is 5.75. The first-order chi connectivity index (χ1) is 12.4. The van der Waals surface area contributed by atoms with Gasteiger partial charge in [0.1, 0.15) is 11.5 Å². The third-order valence-electron chi connectivity index (χ3n) is 4.32. The van der Waals surface area contributed by atoms with E-state index in [4.69, 9.17) is 4.74 Å². The molecule has 0 spiro atoms. The van der Waals surface area contributed by atoms with Gasteiger partial charge < -0.3 is 19.9 Å². The predicted octanol–water partition coefficient (Wildman–Crippen LogP) is 3.44. The van der Waals surface area contributed by atoms with Gasteiger partial charge in [-0.3, -0.25) is 0 Å². The molecule has 0 aromatic heterocycles. The van der Waals surface area contributed by atoms with E-state index in [1.165, 1.54) is 12.1 Å². The maximum atomic E-state index is 12.3. The molecular weight excluding hydrogens is 347 g/mol. The van der Waals surface area contributed by atoms with Crippen LogP contribution in [0.5, 0.6) is 11.5 Å². The number of aliphatic hydroxyl groups is 1. The number of hydrogen-bond donors (Lipinski definition) is 2. The van der Waals surface area contributed by atoms with Crippen LogP contribution in [0, 0.1) is 0 Å². The van der Waals surface area contributed by atoms with Gasteiger partial charge in [-0.05, 0) is 48.4 Å². The van der Waals surface area contributed by atoms with Crippen molar-refractivity contribution in [3.8, 4) is 22.6 Å². The molecule has 0 bridgehead atoms. The van der Waals surface area contributed by atoms with Gasteiger partial charge in [0, 0.05) is 30.7 Å². The molecule has 0 saturated heterocycles. The lowest BCUT2D eigenvalue weighted by molar-refractivity contribution is -0.274. The van der Waals surface area contributed by atoms with Crippen LogP contribution in [0.2, 0.25) is 0 Å². The molecule has 2 aromatic rings. The van der Waals surface area contributed by atoms with Gasteiger partial charge in [-0.1, -0.05) is 12.1 Å². The van der Waals surface area contributed by atoms with Crippen molar-refractivity contribution in [1.29, 1.82) is 0 Å². The summed E-state index contributed by atoms with van der Waals surface area (Å²) in [7, 11) is 1.84. The average Bonchev–Trinajstić information content (AvgIpc) is 3.06. The zero-order valence-electron chi connectivity index (χ0n) is 14.3. The highest BCUT2D eigenvalue weighted by Crippen LogP contribution is 2.41. The van der Waals surface area contributed by atoms with E-state index in [1.54, 1.807) is 12.1 Å². The summed E-state index contributed by atoms with van der Waals surface area (Å²) in [5.74, 6) is 0.490. The van der Waals surface area contributed by atoms with Crippen LogP contribution in [0.15, 0.2) is 30.3 Å². The summed E-state index contributed by atoms with van der Waals surface area (Å²) in [6.45, 7) is 1.23. The Morgan fingerprint density at radius 3 is 2.58 bits per heavy atom. The molecule has 4 nitrogen and oxygen atoms in total. The van der Waals surface area contributed by atoms with Crippen LogP contribution in [0.25, 0.3) is 11.1 Å². The summed E-state index contributed by atoms with van der Waals surface area (Å²) >= 11 is 0. The number of halogens is 3. The Hall–Kier alpha value is -2.25. The number of rotatable bonds is 6.